The maximum atomic E-state index is 12.2. The summed E-state index contributed by atoms with van der Waals surface area (Å²) >= 11 is 7.48. The Bertz CT molecular complexity index is 728. The van der Waals surface area contributed by atoms with Gasteiger partial charge in [-0.15, -0.1) is 11.3 Å². The number of nitrogens with one attached hydrogen (secondary N) is 1. The molecule has 0 saturated heterocycles. The Balaban J connectivity index is 2.33. The van der Waals surface area contributed by atoms with Crippen LogP contribution in [-0.4, -0.2) is 5.91 Å². The zero-order valence-electron chi connectivity index (χ0n) is 11.4. The first kappa shape index (κ1) is 14.6. The molecule has 1 aromatic carbocycles. The van der Waals surface area contributed by atoms with Crippen molar-refractivity contribution in [1.82, 2.24) is 0 Å². The van der Waals surface area contributed by atoms with E-state index in [9.17, 15) is 4.79 Å². The minimum atomic E-state index is -0.298. The zero-order chi connectivity index (χ0) is 14.9. The lowest BCUT2D eigenvalue weighted by molar-refractivity contribution is 0.102. The van der Waals surface area contributed by atoms with Crippen LogP contribution in [-0.2, 0) is 0 Å². The first-order valence-corrected chi connectivity index (χ1v) is 7.21. The van der Waals surface area contributed by atoms with Crippen molar-refractivity contribution in [2.45, 2.75) is 20.8 Å². The maximum absolute atomic E-state index is 12.2. The lowest BCUT2D eigenvalue weighted by Gasteiger charge is -2.06. The van der Waals surface area contributed by atoms with Crippen LogP contribution in [0.25, 0.3) is 0 Å². The third-order valence-corrected chi connectivity index (χ3v) is 4.53. The number of thiophene rings is 1. The third kappa shape index (κ3) is 2.69. The highest BCUT2D eigenvalue weighted by atomic mass is 35.5. The van der Waals surface area contributed by atoms with Gasteiger partial charge in [-0.05, 0) is 44.0 Å². The molecule has 0 unspecified atom stereocenters. The highest BCUT2D eigenvalue weighted by Gasteiger charge is 2.17. The monoisotopic (exact) mass is 304 g/mol. The lowest BCUT2D eigenvalue weighted by atomic mass is 10.1. The molecule has 0 aliphatic carbocycles. The van der Waals surface area contributed by atoms with Crippen molar-refractivity contribution in [1.29, 1.82) is 5.26 Å². The molecule has 2 aromatic rings. The van der Waals surface area contributed by atoms with E-state index in [4.69, 9.17) is 16.9 Å². The second-order valence-electron chi connectivity index (χ2n) is 4.54. The first-order chi connectivity index (χ1) is 9.43. The van der Waals surface area contributed by atoms with Gasteiger partial charge in [-0.2, -0.15) is 5.26 Å². The number of nitriles is 1. The van der Waals surface area contributed by atoms with E-state index in [0.717, 1.165) is 16.0 Å². The summed E-state index contributed by atoms with van der Waals surface area (Å²) in [6.45, 7) is 5.71. The van der Waals surface area contributed by atoms with Gasteiger partial charge in [0.1, 0.15) is 11.1 Å². The van der Waals surface area contributed by atoms with Crippen molar-refractivity contribution >= 4 is 33.8 Å². The molecule has 3 nitrogen and oxygen atoms in total. The van der Waals surface area contributed by atoms with Crippen LogP contribution in [0.2, 0.25) is 5.02 Å². The Hall–Kier alpha value is -1.83. The van der Waals surface area contributed by atoms with Crippen molar-refractivity contribution in [3.63, 3.8) is 0 Å². The number of carbonyl (C=O) groups excluding carboxylic acids is 1. The van der Waals surface area contributed by atoms with E-state index in [2.05, 4.69) is 11.4 Å². The fourth-order valence-corrected chi connectivity index (χ4v) is 3.15. The highest BCUT2D eigenvalue weighted by Crippen LogP contribution is 2.32. The zero-order valence-corrected chi connectivity index (χ0v) is 12.9. The fraction of sp³-hybridized carbons (Fsp3) is 0.200. The topological polar surface area (TPSA) is 52.9 Å². The van der Waals surface area contributed by atoms with E-state index in [1.54, 1.807) is 12.1 Å². The van der Waals surface area contributed by atoms with Gasteiger partial charge in [0, 0.05) is 4.88 Å². The Kier molecular flexibility index (Phi) is 4.12. The number of carbonyl (C=O) groups is 1. The number of hydrogen-bond donors (Lipinski definition) is 1. The van der Waals surface area contributed by atoms with Crippen LogP contribution in [0.4, 0.5) is 5.00 Å². The average Bonchev–Trinajstić information content (AvgIpc) is 2.64. The Morgan fingerprint density at radius 3 is 2.65 bits per heavy atom. The molecule has 5 heteroatoms. The molecule has 1 heterocycles. The van der Waals surface area contributed by atoms with Crippen LogP contribution in [0.5, 0.6) is 0 Å². The molecule has 0 radical (unpaired) electrons. The summed E-state index contributed by atoms with van der Waals surface area (Å²) in [5.74, 6) is -0.298. The van der Waals surface area contributed by atoms with E-state index >= 15 is 0 Å². The van der Waals surface area contributed by atoms with Gasteiger partial charge < -0.3 is 5.32 Å². The summed E-state index contributed by atoms with van der Waals surface area (Å²) in [7, 11) is 0. The molecule has 1 N–H and O–H groups in total. The molecule has 0 saturated carbocycles. The Labute approximate surface area is 126 Å². The van der Waals surface area contributed by atoms with E-state index in [0.29, 0.717) is 21.2 Å². The SMILES string of the molecule is Cc1ccc(C(=O)Nc2sc(C)c(C)c2C#N)c(Cl)c1. The third-order valence-electron chi connectivity index (χ3n) is 3.09. The second-order valence-corrected chi connectivity index (χ2v) is 6.17. The molecule has 0 atom stereocenters. The van der Waals surface area contributed by atoms with Crippen molar-refractivity contribution < 1.29 is 4.79 Å². The number of aryl methyl sites for hydroxylation is 2. The van der Waals surface area contributed by atoms with Crippen molar-refractivity contribution in [2.75, 3.05) is 5.32 Å². The normalized spacial score (nSPS) is 10.2. The summed E-state index contributed by atoms with van der Waals surface area (Å²) in [5.41, 5.74) is 2.82. The van der Waals surface area contributed by atoms with Crippen molar-refractivity contribution in [3.05, 3.63) is 50.4 Å². The van der Waals surface area contributed by atoms with Crippen molar-refractivity contribution in [3.8, 4) is 6.07 Å². The number of hydrogen-bond acceptors (Lipinski definition) is 3. The summed E-state index contributed by atoms with van der Waals surface area (Å²) < 4.78 is 0. The number of benzene rings is 1. The molecule has 0 fully saturated rings. The average molecular weight is 305 g/mol. The van der Waals surface area contributed by atoms with Gasteiger partial charge in [-0.1, -0.05) is 17.7 Å². The predicted molar refractivity (Wildman–Crippen MR) is 82.7 cm³/mol. The molecular formula is C15H13ClN2OS. The minimum Gasteiger partial charge on any atom is -0.312 e. The smallest absolute Gasteiger partial charge is 0.257 e. The molecule has 1 aromatic heterocycles. The number of amides is 1. The van der Waals surface area contributed by atoms with Crippen LogP contribution in [0.1, 0.15) is 31.9 Å². The van der Waals surface area contributed by atoms with Crippen LogP contribution in [0.3, 0.4) is 0 Å². The lowest BCUT2D eigenvalue weighted by Crippen LogP contribution is -2.12. The molecule has 102 valence electrons. The van der Waals surface area contributed by atoms with Gasteiger partial charge in [0.25, 0.3) is 5.91 Å². The predicted octanol–water partition coefficient (Wildman–Crippen LogP) is 4.45. The minimum absolute atomic E-state index is 0.298. The van der Waals surface area contributed by atoms with Gasteiger partial charge in [0.15, 0.2) is 0 Å². The summed E-state index contributed by atoms with van der Waals surface area (Å²) in [6, 6.07) is 7.39. The van der Waals surface area contributed by atoms with Gasteiger partial charge >= 0.3 is 0 Å². The maximum Gasteiger partial charge on any atom is 0.257 e. The van der Waals surface area contributed by atoms with Crippen LogP contribution < -0.4 is 5.32 Å². The number of halogens is 1. The molecule has 20 heavy (non-hydrogen) atoms. The van der Waals surface area contributed by atoms with E-state index < -0.39 is 0 Å². The first-order valence-electron chi connectivity index (χ1n) is 6.01. The molecule has 0 aliphatic heterocycles. The molecule has 0 spiro atoms. The Morgan fingerprint density at radius 1 is 1.35 bits per heavy atom. The van der Waals surface area contributed by atoms with Crippen LogP contribution in [0, 0.1) is 32.1 Å². The molecule has 0 aliphatic rings. The largest absolute Gasteiger partial charge is 0.312 e. The fourth-order valence-electron chi connectivity index (χ4n) is 1.82. The van der Waals surface area contributed by atoms with Gasteiger partial charge in [0.05, 0.1) is 16.1 Å². The standard InChI is InChI=1S/C15H13ClN2OS/c1-8-4-5-11(13(16)6-8)14(19)18-15-12(7-17)9(2)10(3)20-15/h4-6H,1-3H3,(H,18,19). The molecule has 1 amide bonds. The van der Waals surface area contributed by atoms with Gasteiger partial charge in [-0.25, -0.2) is 0 Å². The summed E-state index contributed by atoms with van der Waals surface area (Å²) in [5, 5.41) is 12.9. The summed E-state index contributed by atoms with van der Waals surface area (Å²) in [4.78, 5) is 13.3. The van der Waals surface area contributed by atoms with Crippen LogP contribution in [0.15, 0.2) is 18.2 Å². The highest BCUT2D eigenvalue weighted by molar-refractivity contribution is 7.16. The Morgan fingerprint density at radius 2 is 2.05 bits per heavy atom. The van der Waals surface area contributed by atoms with E-state index in [1.165, 1.54) is 11.3 Å². The molecule has 0 bridgehead atoms. The number of anilines is 1. The molecular weight excluding hydrogens is 292 g/mol. The van der Waals surface area contributed by atoms with Gasteiger partial charge in [-0.3, -0.25) is 4.79 Å². The second kappa shape index (κ2) is 5.66. The molecule has 2 rings (SSSR count). The summed E-state index contributed by atoms with van der Waals surface area (Å²) in [6.07, 6.45) is 0. The van der Waals surface area contributed by atoms with E-state index in [-0.39, 0.29) is 5.91 Å². The van der Waals surface area contributed by atoms with E-state index in [1.807, 2.05) is 26.8 Å². The van der Waals surface area contributed by atoms with Crippen LogP contribution >= 0.6 is 22.9 Å². The number of nitrogens with zero attached hydrogens (tertiary/aromatic N) is 1. The van der Waals surface area contributed by atoms with Gasteiger partial charge in [0.2, 0.25) is 0 Å². The number of rotatable bonds is 2. The quantitative estimate of drug-likeness (QED) is 0.891. The van der Waals surface area contributed by atoms with Crippen molar-refractivity contribution in [2.24, 2.45) is 0 Å².